The van der Waals surface area contributed by atoms with Crippen molar-refractivity contribution >= 4 is 34.5 Å². The van der Waals surface area contributed by atoms with Gasteiger partial charge in [-0.15, -0.1) is 0 Å². The van der Waals surface area contributed by atoms with Crippen molar-refractivity contribution in [3.63, 3.8) is 0 Å². The van der Waals surface area contributed by atoms with E-state index in [-0.39, 0.29) is 17.8 Å². The van der Waals surface area contributed by atoms with Crippen LogP contribution in [0.25, 0.3) is 17.0 Å². The van der Waals surface area contributed by atoms with E-state index in [0.29, 0.717) is 5.56 Å². The largest absolute Gasteiger partial charge is 0.454 e. The predicted molar refractivity (Wildman–Crippen MR) is 117 cm³/mol. The maximum atomic E-state index is 13.1. The summed E-state index contributed by atoms with van der Waals surface area (Å²) >= 11 is 0. The fourth-order valence-electron chi connectivity index (χ4n) is 4.46. The molecule has 0 unspecified atom stereocenters. The lowest BCUT2D eigenvalue weighted by Gasteiger charge is -2.20. The molecular weight excluding hydrogens is 390 g/mol. The van der Waals surface area contributed by atoms with Crippen molar-refractivity contribution < 1.29 is 19.1 Å². The molecule has 0 aliphatic heterocycles. The van der Waals surface area contributed by atoms with Crippen molar-refractivity contribution in [2.75, 3.05) is 6.61 Å². The summed E-state index contributed by atoms with van der Waals surface area (Å²) in [6.07, 6.45) is 5.42. The molecule has 5 rings (SSSR count). The molecule has 2 aliphatic carbocycles. The number of fused-ring (bicyclic) bond motifs is 3. The van der Waals surface area contributed by atoms with Crippen molar-refractivity contribution in [3.05, 3.63) is 82.1 Å². The number of hydrogen-bond acceptors (Lipinski definition) is 5. The summed E-state index contributed by atoms with van der Waals surface area (Å²) in [4.78, 5) is 43.0. The Balaban J connectivity index is 1.42. The summed E-state index contributed by atoms with van der Waals surface area (Å²) in [7, 11) is 0. The lowest BCUT2D eigenvalue weighted by molar-refractivity contribution is -0.123. The number of ketones is 2. The van der Waals surface area contributed by atoms with Gasteiger partial charge in [-0.25, -0.2) is 4.79 Å². The highest BCUT2D eigenvalue weighted by Crippen LogP contribution is 2.30. The first-order chi connectivity index (χ1) is 15.1. The van der Waals surface area contributed by atoms with Crippen LogP contribution in [0.3, 0.4) is 0 Å². The van der Waals surface area contributed by atoms with Crippen LogP contribution in [0.1, 0.15) is 45.6 Å². The van der Waals surface area contributed by atoms with E-state index in [9.17, 15) is 14.4 Å². The van der Waals surface area contributed by atoms with Crippen LogP contribution in [0, 0.1) is 0 Å². The number of benzene rings is 2. The number of rotatable bonds is 4. The molecule has 5 nitrogen and oxygen atoms in total. The van der Waals surface area contributed by atoms with E-state index in [0.717, 1.165) is 59.0 Å². The number of aromatic nitrogens is 1. The zero-order valence-electron chi connectivity index (χ0n) is 17.0. The average molecular weight is 411 g/mol. The molecule has 1 aromatic heterocycles. The quantitative estimate of drug-likeness (QED) is 0.478. The third-order valence-corrected chi connectivity index (χ3v) is 6.01. The maximum absolute atomic E-state index is 13.1. The topological polar surface area (TPSA) is 73.3 Å². The molecule has 154 valence electrons. The molecule has 2 aliphatic rings. The SMILES string of the molecule is O=C(COC(=O)c1c2c(nc3ccccc13)CCCC2)C1=Cc2ccccc2CC1=O. The molecule has 0 saturated carbocycles. The second-order valence-electron chi connectivity index (χ2n) is 7.99. The lowest BCUT2D eigenvalue weighted by atomic mass is 9.89. The van der Waals surface area contributed by atoms with Crippen molar-refractivity contribution in [3.8, 4) is 0 Å². The number of carbonyl (C=O) groups is 3. The summed E-state index contributed by atoms with van der Waals surface area (Å²) in [5.41, 5.74) is 4.95. The molecule has 0 N–H and O–H groups in total. The molecule has 31 heavy (non-hydrogen) atoms. The van der Waals surface area contributed by atoms with Crippen molar-refractivity contribution in [1.82, 2.24) is 4.98 Å². The molecular formula is C26H21NO4. The van der Waals surface area contributed by atoms with Gasteiger partial charge in [-0.3, -0.25) is 14.6 Å². The highest BCUT2D eigenvalue weighted by atomic mass is 16.5. The van der Waals surface area contributed by atoms with Crippen molar-refractivity contribution in [2.45, 2.75) is 32.1 Å². The Morgan fingerprint density at radius 3 is 2.65 bits per heavy atom. The Kier molecular flexibility index (Phi) is 4.94. The Hall–Kier alpha value is -3.60. The van der Waals surface area contributed by atoms with Gasteiger partial charge in [0.15, 0.2) is 12.4 Å². The lowest BCUT2D eigenvalue weighted by Crippen LogP contribution is -2.24. The van der Waals surface area contributed by atoms with Gasteiger partial charge >= 0.3 is 5.97 Å². The molecule has 0 atom stereocenters. The zero-order valence-corrected chi connectivity index (χ0v) is 17.0. The molecule has 0 fully saturated rings. The first-order valence-corrected chi connectivity index (χ1v) is 10.6. The number of carbonyl (C=O) groups excluding carboxylic acids is 3. The van der Waals surface area contributed by atoms with E-state index in [1.165, 1.54) is 0 Å². The van der Waals surface area contributed by atoms with Gasteiger partial charge in [0.05, 0.1) is 16.7 Å². The molecule has 5 heteroatoms. The molecule has 1 heterocycles. The normalized spacial score (nSPS) is 15.1. The number of esters is 1. The minimum Gasteiger partial charge on any atom is -0.454 e. The average Bonchev–Trinajstić information content (AvgIpc) is 2.80. The van der Waals surface area contributed by atoms with Gasteiger partial charge in [0.1, 0.15) is 0 Å². The van der Waals surface area contributed by atoms with Crippen LogP contribution < -0.4 is 0 Å². The summed E-state index contributed by atoms with van der Waals surface area (Å²) < 4.78 is 5.44. The van der Waals surface area contributed by atoms with E-state index in [2.05, 4.69) is 0 Å². The third kappa shape index (κ3) is 3.56. The van der Waals surface area contributed by atoms with Gasteiger partial charge in [-0.05, 0) is 54.5 Å². The van der Waals surface area contributed by atoms with E-state index in [1.807, 2.05) is 48.5 Å². The van der Waals surface area contributed by atoms with Gasteiger partial charge in [0, 0.05) is 17.5 Å². The Morgan fingerprint density at radius 1 is 0.968 bits per heavy atom. The minimum absolute atomic E-state index is 0.0908. The van der Waals surface area contributed by atoms with E-state index >= 15 is 0 Å². The summed E-state index contributed by atoms with van der Waals surface area (Å²) in [5.74, 6) is -1.25. The Bertz CT molecular complexity index is 1270. The number of para-hydroxylation sites is 1. The third-order valence-electron chi connectivity index (χ3n) is 6.01. The monoisotopic (exact) mass is 411 g/mol. The van der Waals surface area contributed by atoms with Crippen LogP contribution in [-0.4, -0.2) is 29.1 Å². The van der Waals surface area contributed by atoms with Gasteiger partial charge in [-0.2, -0.15) is 0 Å². The maximum Gasteiger partial charge on any atom is 0.339 e. The fourth-order valence-corrected chi connectivity index (χ4v) is 4.46. The molecule has 0 bridgehead atoms. The molecule has 2 aromatic carbocycles. The number of pyridine rings is 1. The number of hydrogen-bond donors (Lipinski definition) is 0. The van der Waals surface area contributed by atoms with Crippen LogP contribution >= 0.6 is 0 Å². The predicted octanol–water partition coefficient (Wildman–Crippen LogP) is 4.05. The highest BCUT2D eigenvalue weighted by molar-refractivity contribution is 6.25. The number of Topliss-reactive ketones (excluding diaryl/α,β-unsaturated/α-hetero) is 2. The second-order valence-corrected chi connectivity index (χ2v) is 7.99. The van der Waals surface area contributed by atoms with Gasteiger partial charge in [-0.1, -0.05) is 42.5 Å². The van der Waals surface area contributed by atoms with Crippen LogP contribution in [0.4, 0.5) is 0 Å². The molecule has 0 radical (unpaired) electrons. The van der Waals surface area contributed by atoms with E-state index in [1.54, 1.807) is 6.08 Å². The van der Waals surface area contributed by atoms with Gasteiger partial charge in [0.2, 0.25) is 5.78 Å². The standard InChI is InChI=1S/C26H21NO4/c28-23-14-17-8-2-1-7-16(17)13-20(23)24(29)15-31-26(30)25-18-9-3-5-11-21(18)27-22-12-6-4-10-19(22)25/h1-3,5,7-9,11,13H,4,6,10,12,14-15H2. The number of aryl methyl sites for hydroxylation is 1. The fraction of sp³-hybridized carbons (Fsp3) is 0.231. The summed E-state index contributed by atoms with van der Waals surface area (Å²) in [6, 6.07) is 15.0. The van der Waals surface area contributed by atoms with Crippen molar-refractivity contribution in [2.24, 2.45) is 0 Å². The molecule has 0 spiro atoms. The van der Waals surface area contributed by atoms with Crippen LogP contribution in [0.2, 0.25) is 0 Å². The zero-order chi connectivity index (χ0) is 21.4. The van der Waals surface area contributed by atoms with E-state index < -0.39 is 18.4 Å². The first kappa shape index (κ1) is 19.4. The number of nitrogens with zero attached hydrogens (tertiary/aromatic N) is 1. The molecule has 3 aromatic rings. The van der Waals surface area contributed by atoms with Crippen LogP contribution in [-0.2, 0) is 33.6 Å². The molecule has 0 saturated heterocycles. The van der Waals surface area contributed by atoms with Gasteiger partial charge in [0.25, 0.3) is 0 Å². The van der Waals surface area contributed by atoms with Crippen LogP contribution in [0.15, 0.2) is 54.1 Å². The summed E-state index contributed by atoms with van der Waals surface area (Å²) in [5, 5.41) is 0.738. The summed E-state index contributed by atoms with van der Waals surface area (Å²) in [6.45, 7) is -0.454. The number of ether oxygens (including phenoxy) is 1. The molecule has 0 amide bonds. The first-order valence-electron chi connectivity index (χ1n) is 10.6. The van der Waals surface area contributed by atoms with E-state index in [4.69, 9.17) is 9.72 Å². The van der Waals surface area contributed by atoms with Crippen molar-refractivity contribution in [1.29, 1.82) is 0 Å². The minimum atomic E-state index is -0.533. The Labute approximate surface area is 179 Å². The van der Waals surface area contributed by atoms with Crippen LogP contribution in [0.5, 0.6) is 0 Å². The highest BCUT2D eigenvalue weighted by Gasteiger charge is 2.27. The van der Waals surface area contributed by atoms with Gasteiger partial charge < -0.3 is 4.74 Å². The smallest absolute Gasteiger partial charge is 0.339 e. The second kappa shape index (κ2) is 7.91. The Morgan fingerprint density at radius 2 is 1.74 bits per heavy atom.